The number of aliphatic hydroxyl groups is 1. The summed E-state index contributed by atoms with van der Waals surface area (Å²) in [5.41, 5.74) is 2.58. The molecule has 0 saturated carbocycles. The molecule has 146 valence electrons. The van der Waals surface area contributed by atoms with Crippen molar-refractivity contribution in [3.8, 4) is 11.4 Å². The lowest BCUT2D eigenvalue weighted by atomic mass is 9.84. The smallest absolute Gasteiger partial charge is 0.155 e. The van der Waals surface area contributed by atoms with Crippen LogP contribution in [0.3, 0.4) is 0 Å². The number of aromatic amines is 1. The molecular formula is C21H23ClN4O2. The number of pyridine rings is 1. The van der Waals surface area contributed by atoms with Gasteiger partial charge in [0, 0.05) is 24.8 Å². The Kier molecular flexibility index (Phi) is 4.50. The van der Waals surface area contributed by atoms with Crippen molar-refractivity contribution in [3.05, 3.63) is 41.6 Å². The van der Waals surface area contributed by atoms with Crippen LogP contribution in [0, 0.1) is 0 Å². The van der Waals surface area contributed by atoms with Crippen LogP contribution in [0.5, 0.6) is 0 Å². The summed E-state index contributed by atoms with van der Waals surface area (Å²) in [5.74, 6) is 1.65. The van der Waals surface area contributed by atoms with Crippen molar-refractivity contribution in [2.45, 2.75) is 44.0 Å². The highest BCUT2D eigenvalue weighted by atomic mass is 35.5. The summed E-state index contributed by atoms with van der Waals surface area (Å²) in [6, 6.07) is 9.95. The minimum atomic E-state index is -0.617. The lowest BCUT2D eigenvalue weighted by Crippen LogP contribution is -2.50. The van der Waals surface area contributed by atoms with Gasteiger partial charge in [-0.25, -0.2) is 9.97 Å². The Bertz CT molecular complexity index is 964. The standard InChI is InChI=1S/C21H23ClN4O2/c22-15-13-23-18(12-14(15)20-24-16-4-1-2-5-17(16)25-20)26-10-8-21(9-11-26)7-3-6-19(27)28-21/h1-2,4-5,12-13,19,27H,3,6-11H2,(H,24,25). The number of aromatic nitrogens is 3. The third-order valence-corrected chi connectivity index (χ3v) is 6.25. The monoisotopic (exact) mass is 398 g/mol. The fraction of sp³-hybridized carbons (Fsp3) is 0.429. The number of imidazole rings is 1. The maximum Gasteiger partial charge on any atom is 0.155 e. The summed E-state index contributed by atoms with van der Waals surface area (Å²) in [6.07, 6.45) is 5.67. The molecule has 2 fully saturated rings. The molecule has 5 rings (SSSR count). The number of ether oxygens (including phenoxy) is 1. The van der Waals surface area contributed by atoms with Crippen LogP contribution in [-0.4, -0.2) is 45.0 Å². The molecule has 2 aromatic heterocycles. The number of halogens is 1. The number of hydrogen-bond acceptors (Lipinski definition) is 5. The molecule has 1 atom stereocenters. The number of benzene rings is 1. The van der Waals surface area contributed by atoms with Crippen LogP contribution in [0.1, 0.15) is 32.1 Å². The van der Waals surface area contributed by atoms with Crippen molar-refractivity contribution in [3.63, 3.8) is 0 Å². The van der Waals surface area contributed by atoms with Gasteiger partial charge in [-0.3, -0.25) is 0 Å². The summed E-state index contributed by atoms with van der Waals surface area (Å²) in [5, 5.41) is 10.5. The van der Waals surface area contributed by atoms with E-state index in [9.17, 15) is 5.11 Å². The van der Waals surface area contributed by atoms with Crippen molar-refractivity contribution in [2.24, 2.45) is 0 Å². The van der Waals surface area contributed by atoms with Crippen LogP contribution in [-0.2, 0) is 4.74 Å². The van der Waals surface area contributed by atoms with Gasteiger partial charge in [-0.1, -0.05) is 23.7 Å². The number of piperidine rings is 1. The van der Waals surface area contributed by atoms with Gasteiger partial charge >= 0.3 is 0 Å². The molecule has 0 radical (unpaired) electrons. The third kappa shape index (κ3) is 3.26. The zero-order valence-electron chi connectivity index (χ0n) is 15.6. The minimum absolute atomic E-state index is 0.178. The molecule has 0 aliphatic carbocycles. The lowest BCUT2D eigenvalue weighted by molar-refractivity contribution is -0.220. The quantitative estimate of drug-likeness (QED) is 0.678. The van der Waals surface area contributed by atoms with E-state index in [1.165, 1.54) is 0 Å². The number of hydrogen-bond donors (Lipinski definition) is 2. The lowest BCUT2D eigenvalue weighted by Gasteiger charge is -2.45. The molecule has 2 N–H and O–H groups in total. The number of fused-ring (bicyclic) bond motifs is 1. The van der Waals surface area contributed by atoms with Crippen molar-refractivity contribution >= 4 is 28.5 Å². The maximum absolute atomic E-state index is 9.89. The van der Waals surface area contributed by atoms with Crippen LogP contribution in [0.4, 0.5) is 5.82 Å². The average molecular weight is 399 g/mol. The normalized spacial score (nSPS) is 22.1. The molecular weight excluding hydrogens is 376 g/mol. The zero-order valence-corrected chi connectivity index (χ0v) is 16.3. The molecule has 1 aromatic carbocycles. The molecule has 3 aromatic rings. The molecule has 2 aliphatic heterocycles. The molecule has 0 bridgehead atoms. The topological polar surface area (TPSA) is 74.3 Å². The highest BCUT2D eigenvalue weighted by Gasteiger charge is 2.39. The number of aliphatic hydroxyl groups excluding tert-OH is 1. The number of nitrogens with one attached hydrogen (secondary N) is 1. The highest BCUT2D eigenvalue weighted by Crippen LogP contribution is 2.38. The van der Waals surface area contributed by atoms with Gasteiger partial charge in [0.25, 0.3) is 0 Å². The number of H-pyrrole nitrogens is 1. The van der Waals surface area contributed by atoms with E-state index >= 15 is 0 Å². The first-order valence-electron chi connectivity index (χ1n) is 9.83. The minimum Gasteiger partial charge on any atom is -0.368 e. The van der Waals surface area contributed by atoms with Crippen molar-refractivity contribution < 1.29 is 9.84 Å². The molecule has 1 unspecified atom stereocenters. The Morgan fingerprint density at radius 3 is 2.82 bits per heavy atom. The zero-order chi connectivity index (χ0) is 19.1. The summed E-state index contributed by atoms with van der Waals surface area (Å²) in [6.45, 7) is 1.70. The van der Waals surface area contributed by atoms with Crippen LogP contribution in [0.25, 0.3) is 22.4 Å². The first-order valence-corrected chi connectivity index (χ1v) is 10.2. The molecule has 0 amide bonds. The summed E-state index contributed by atoms with van der Waals surface area (Å²) < 4.78 is 5.92. The van der Waals surface area contributed by atoms with Crippen LogP contribution in [0.15, 0.2) is 36.5 Å². The fourth-order valence-corrected chi connectivity index (χ4v) is 4.57. The second kappa shape index (κ2) is 7.03. The Labute approximate surface area is 168 Å². The summed E-state index contributed by atoms with van der Waals surface area (Å²) in [7, 11) is 0. The van der Waals surface area contributed by atoms with Crippen LogP contribution < -0.4 is 4.90 Å². The first-order chi connectivity index (χ1) is 13.6. The van der Waals surface area contributed by atoms with Gasteiger partial charge in [-0.05, 0) is 50.3 Å². The molecule has 4 heterocycles. The van der Waals surface area contributed by atoms with Crippen LogP contribution >= 0.6 is 11.6 Å². The number of para-hydroxylation sites is 2. The Morgan fingerprint density at radius 1 is 1.21 bits per heavy atom. The highest BCUT2D eigenvalue weighted by molar-refractivity contribution is 6.33. The van der Waals surface area contributed by atoms with Gasteiger partial charge < -0.3 is 19.7 Å². The molecule has 2 aliphatic rings. The van der Waals surface area contributed by atoms with E-state index in [2.05, 4.69) is 19.9 Å². The van der Waals surface area contributed by atoms with Crippen molar-refractivity contribution in [2.75, 3.05) is 18.0 Å². The van der Waals surface area contributed by atoms with Gasteiger partial charge in [-0.15, -0.1) is 0 Å². The number of nitrogens with zero attached hydrogens (tertiary/aromatic N) is 3. The van der Waals surface area contributed by atoms with Gasteiger partial charge in [0.2, 0.25) is 0 Å². The second-order valence-corrected chi connectivity index (χ2v) is 8.17. The van der Waals surface area contributed by atoms with Gasteiger partial charge in [-0.2, -0.15) is 0 Å². The van der Waals surface area contributed by atoms with Crippen molar-refractivity contribution in [1.82, 2.24) is 15.0 Å². The SMILES string of the molecule is OC1CCCC2(CCN(c3cc(-c4nc5ccccc5[nH]4)c(Cl)cn3)CC2)O1. The number of rotatable bonds is 2. The molecule has 28 heavy (non-hydrogen) atoms. The predicted octanol–water partition coefficient (Wildman–Crippen LogP) is 4.14. The molecule has 6 nitrogen and oxygen atoms in total. The summed E-state index contributed by atoms with van der Waals surface area (Å²) in [4.78, 5) is 14.8. The fourth-order valence-electron chi connectivity index (χ4n) is 4.38. The Balaban J connectivity index is 1.39. The van der Waals surface area contributed by atoms with E-state index in [1.54, 1.807) is 6.20 Å². The van der Waals surface area contributed by atoms with Gasteiger partial charge in [0.1, 0.15) is 11.6 Å². The van der Waals surface area contributed by atoms with E-state index in [0.29, 0.717) is 5.02 Å². The van der Waals surface area contributed by atoms with E-state index in [4.69, 9.17) is 16.3 Å². The molecule has 1 spiro atoms. The van der Waals surface area contributed by atoms with E-state index in [1.807, 2.05) is 30.3 Å². The van der Waals surface area contributed by atoms with E-state index in [-0.39, 0.29) is 5.60 Å². The largest absolute Gasteiger partial charge is 0.368 e. The third-order valence-electron chi connectivity index (χ3n) is 5.95. The van der Waals surface area contributed by atoms with Gasteiger partial charge in [0.15, 0.2) is 6.29 Å². The van der Waals surface area contributed by atoms with Gasteiger partial charge in [0.05, 0.1) is 21.7 Å². The van der Waals surface area contributed by atoms with E-state index in [0.717, 1.165) is 73.4 Å². The first kappa shape index (κ1) is 17.9. The predicted molar refractivity (Wildman–Crippen MR) is 109 cm³/mol. The average Bonchev–Trinajstić information content (AvgIpc) is 3.13. The number of anilines is 1. The van der Waals surface area contributed by atoms with Crippen molar-refractivity contribution in [1.29, 1.82) is 0 Å². The maximum atomic E-state index is 9.89. The second-order valence-electron chi connectivity index (χ2n) is 7.76. The van der Waals surface area contributed by atoms with Crippen LogP contribution in [0.2, 0.25) is 5.02 Å². The van der Waals surface area contributed by atoms with E-state index < -0.39 is 6.29 Å². The summed E-state index contributed by atoms with van der Waals surface area (Å²) >= 11 is 6.44. The molecule has 7 heteroatoms. The Morgan fingerprint density at radius 2 is 2.04 bits per heavy atom. The Hall–Kier alpha value is -2.15. The molecule has 2 saturated heterocycles.